The molecule has 1 heterocycles. The number of nitrogens with one attached hydrogen (secondary N) is 1. The van der Waals surface area contributed by atoms with Gasteiger partial charge in [0.25, 0.3) is 0 Å². The fourth-order valence-electron chi connectivity index (χ4n) is 2.81. The third-order valence-electron chi connectivity index (χ3n) is 4.15. The van der Waals surface area contributed by atoms with Gasteiger partial charge >= 0.3 is 12.0 Å². The molecule has 2 N–H and O–H groups in total. The van der Waals surface area contributed by atoms with Crippen molar-refractivity contribution in [3.8, 4) is 12.3 Å². The molecule has 1 aliphatic rings. The standard InChI is InChI=1S/C18H22N2O3/c1-2-6-16(13-14-7-4-3-5-8-14)19-18(23)20-11-9-15(10-12-20)17(21)22/h1,3-5,7-8,15-16H,6,9-13H2,(H,19,23)(H,21,22). The Morgan fingerprint density at radius 1 is 1.30 bits per heavy atom. The molecule has 0 aromatic heterocycles. The Balaban J connectivity index is 1.88. The molecule has 0 spiro atoms. The highest BCUT2D eigenvalue weighted by molar-refractivity contribution is 5.75. The van der Waals surface area contributed by atoms with Crippen LogP contribution >= 0.6 is 0 Å². The normalized spacial score (nSPS) is 16.4. The number of rotatable bonds is 5. The maximum Gasteiger partial charge on any atom is 0.317 e. The number of hydrogen-bond acceptors (Lipinski definition) is 2. The number of terminal acetylenes is 1. The summed E-state index contributed by atoms with van der Waals surface area (Å²) in [5.41, 5.74) is 1.12. The van der Waals surface area contributed by atoms with Crippen molar-refractivity contribution in [2.24, 2.45) is 5.92 Å². The highest BCUT2D eigenvalue weighted by Gasteiger charge is 2.27. The molecule has 1 aliphatic heterocycles. The van der Waals surface area contributed by atoms with Crippen molar-refractivity contribution in [1.29, 1.82) is 0 Å². The Bertz CT molecular complexity index is 572. The van der Waals surface area contributed by atoms with Crippen molar-refractivity contribution in [1.82, 2.24) is 10.2 Å². The summed E-state index contributed by atoms with van der Waals surface area (Å²) in [6.07, 6.45) is 7.56. The molecule has 0 bridgehead atoms. The molecule has 122 valence electrons. The minimum Gasteiger partial charge on any atom is -0.481 e. The number of carboxylic acids is 1. The second kappa shape index (κ2) is 8.23. The number of nitrogens with zero attached hydrogens (tertiary/aromatic N) is 1. The number of amides is 2. The smallest absolute Gasteiger partial charge is 0.317 e. The van der Waals surface area contributed by atoms with E-state index < -0.39 is 5.97 Å². The van der Waals surface area contributed by atoms with Crippen LogP contribution in [-0.4, -0.2) is 41.1 Å². The van der Waals surface area contributed by atoms with Crippen LogP contribution in [0.5, 0.6) is 0 Å². The van der Waals surface area contributed by atoms with E-state index >= 15 is 0 Å². The topological polar surface area (TPSA) is 69.6 Å². The molecule has 0 saturated carbocycles. The van der Waals surface area contributed by atoms with Gasteiger partial charge in [-0.15, -0.1) is 12.3 Å². The molecule has 1 unspecified atom stereocenters. The Kier molecular flexibility index (Phi) is 6.04. The minimum atomic E-state index is -0.778. The summed E-state index contributed by atoms with van der Waals surface area (Å²) in [5.74, 6) is 1.49. The molecule has 2 amide bonds. The van der Waals surface area contributed by atoms with Gasteiger partial charge in [0, 0.05) is 25.6 Å². The Labute approximate surface area is 136 Å². The lowest BCUT2D eigenvalue weighted by Gasteiger charge is -2.31. The van der Waals surface area contributed by atoms with Gasteiger partial charge in [-0.25, -0.2) is 4.79 Å². The highest BCUT2D eigenvalue weighted by atomic mass is 16.4. The quantitative estimate of drug-likeness (QED) is 0.818. The Hall–Kier alpha value is -2.48. The molecule has 5 heteroatoms. The largest absolute Gasteiger partial charge is 0.481 e. The van der Waals surface area contributed by atoms with Gasteiger partial charge < -0.3 is 15.3 Å². The van der Waals surface area contributed by atoms with E-state index in [9.17, 15) is 9.59 Å². The van der Waals surface area contributed by atoms with Gasteiger partial charge in [0.05, 0.1) is 5.92 Å². The van der Waals surface area contributed by atoms with Gasteiger partial charge in [0.2, 0.25) is 0 Å². The molecule has 23 heavy (non-hydrogen) atoms. The van der Waals surface area contributed by atoms with Crippen LogP contribution in [0.2, 0.25) is 0 Å². The number of carboxylic acid groups (broad SMARTS) is 1. The van der Waals surface area contributed by atoms with Crippen LogP contribution in [0.15, 0.2) is 30.3 Å². The van der Waals surface area contributed by atoms with Crippen molar-refractivity contribution >= 4 is 12.0 Å². The van der Waals surface area contributed by atoms with E-state index in [2.05, 4.69) is 11.2 Å². The number of urea groups is 1. The van der Waals surface area contributed by atoms with Crippen molar-refractivity contribution < 1.29 is 14.7 Å². The predicted molar refractivity (Wildman–Crippen MR) is 87.8 cm³/mol. The number of piperidine rings is 1. The van der Waals surface area contributed by atoms with Gasteiger partial charge in [-0.05, 0) is 24.8 Å². The molecule has 2 rings (SSSR count). The van der Waals surface area contributed by atoms with Crippen molar-refractivity contribution in [2.75, 3.05) is 13.1 Å². The molecule has 1 aromatic carbocycles. The predicted octanol–water partition coefficient (Wildman–Crippen LogP) is 2.13. The lowest BCUT2D eigenvalue weighted by atomic mass is 9.97. The Morgan fingerprint density at radius 2 is 1.96 bits per heavy atom. The van der Waals surface area contributed by atoms with Gasteiger partial charge in [0.1, 0.15) is 0 Å². The molecule has 1 aromatic rings. The lowest BCUT2D eigenvalue weighted by molar-refractivity contribution is -0.143. The Morgan fingerprint density at radius 3 is 2.52 bits per heavy atom. The van der Waals surface area contributed by atoms with Crippen molar-refractivity contribution in [2.45, 2.75) is 31.7 Å². The maximum atomic E-state index is 12.3. The molecule has 0 radical (unpaired) electrons. The zero-order valence-corrected chi connectivity index (χ0v) is 13.1. The molecule has 1 atom stereocenters. The first kappa shape index (κ1) is 16.9. The van der Waals surface area contributed by atoms with Crippen LogP contribution < -0.4 is 5.32 Å². The van der Waals surface area contributed by atoms with E-state index in [-0.39, 0.29) is 18.0 Å². The third-order valence-corrected chi connectivity index (χ3v) is 4.15. The number of hydrogen-bond donors (Lipinski definition) is 2. The van der Waals surface area contributed by atoms with E-state index in [4.69, 9.17) is 11.5 Å². The SMILES string of the molecule is C#CCC(Cc1ccccc1)NC(=O)N1CCC(C(=O)O)CC1. The summed E-state index contributed by atoms with van der Waals surface area (Å²) in [6, 6.07) is 9.60. The molecular formula is C18H22N2O3. The zero-order valence-electron chi connectivity index (χ0n) is 13.1. The monoisotopic (exact) mass is 314 g/mol. The van der Waals surface area contributed by atoms with Crippen LogP contribution in [0.25, 0.3) is 0 Å². The number of benzene rings is 1. The fourth-order valence-corrected chi connectivity index (χ4v) is 2.81. The average Bonchev–Trinajstić information content (AvgIpc) is 2.56. The van der Waals surface area contributed by atoms with Gasteiger partial charge in [-0.1, -0.05) is 30.3 Å². The average molecular weight is 314 g/mol. The minimum absolute atomic E-state index is 0.118. The molecular weight excluding hydrogens is 292 g/mol. The van der Waals surface area contributed by atoms with E-state index in [1.165, 1.54) is 0 Å². The van der Waals surface area contributed by atoms with Crippen LogP contribution in [0.3, 0.4) is 0 Å². The third kappa shape index (κ3) is 5.03. The van der Waals surface area contributed by atoms with E-state index in [0.29, 0.717) is 38.8 Å². The van der Waals surface area contributed by atoms with E-state index in [1.807, 2.05) is 30.3 Å². The molecule has 5 nitrogen and oxygen atoms in total. The fraction of sp³-hybridized carbons (Fsp3) is 0.444. The van der Waals surface area contributed by atoms with Crippen molar-refractivity contribution in [3.63, 3.8) is 0 Å². The van der Waals surface area contributed by atoms with Gasteiger partial charge in [0.15, 0.2) is 0 Å². The number of carbonyl (C=O) groups is 2. The number of carbonyl (C=O) groups excluding carboxylic acids is 1. The van der Waals surface area contributed by atoms with E-state index in [0.717, 1.165) is 5.56 Å². The maximum absolute atomic E-state index is 12.3. The summed E-state index contributed by atoms with van der Waals surface area (Å²) in [5, 5.41) is 12.0. The second-order valence-electron chi connectivity index (χ2n) is 5.84. The molecule has 1 saturated heterocycles. The summed E-state index contributed by atoms with van der Waals surface area (Å²) in [7, 11) is 0. The zero-order chi connectivity index (χ0) is 16.7. The summed E-state index contributed by atoms with van der Waals surface area (Å²) in [4.78, 5) is 25.0. The van der Waals surface area contributed by atoms with Crippen molar-refractivity contribution in [3.05, 3.63) is 35.9 Å². The van der Waals surface area contributed by atoms with Crippen LogP contribution in [0.1, 0.15) is 24.8 Å². The second-order valence-corrected chi connectivity index (χ2v) is 5.84. The van der Waals surface area contributed by atoms with Gasteiger partial charge in [-0.2, -0.15) is 0 Å². The van der Waals surface area contributed by atoms with Crippen LogP contribution in [0.4, 0.5) is 4.79 Å². The summed E-state index contributed by atoms with van der Waals surface area (Å²) >= 11 is 0. The summed E-state index contributed by atoms with van der Waals surface area (Å²) < 4.78 is 0. The van der Waals surface area contributed by atoms with Crippen LogP contribution in [-0.2, 0) is 11.2 Å². The first-order valence-electron chi connectivity index (χ1n) is 7.85. The van der Waals surface area contributed by atoms with Gasteiger partial charge in [-0.3, -0.25) is 4.79 Å². The van der Waals surface area contributed by atoms with Crippen LogP contribution in [0, 0.1) is 18.3 Å². The van der Waals surface area contributed by atoms with E-state index in [1.54, 1.807) is 4.90 Å². The first-order valence-corrected chi connectivity index (χ1v) is 7.85. The molecule has 1 fully saturated rings. The summed E-state index contributed by atoms with van der Waals surface area (Å²) in [6.45, 7) is 0.938. The number of likely N-dealkylation sites (tertiary alicyclic amines) is 1. The number of aliphatic carboxylic acids is 1. The highest BCUT2D eigenvalue weighted by Crippen LogP contribution is 2.17. The lowest BCUT2D eigenvalue weighted by Crippen LogP contribution is -2.49. The molecule has 0 aliphatic carbocycles. The first-order chi connectivity index (χ1) is 11.1.